The molecule has 88 valence electrons. The molecule has 17 heavy (non-hydrogen) atoms. The molecule has 1 aromatic heterocycles. The minimum Gasteiger partial charge on any atom is -0.366 e. The van der Waals surface area contributed by atoms with Crippen molar-refractivity contribution in [2.45, 2.75) is 6.92 Å². The van der Waals surface area contributed by atoms with Gasteiger partial charge in [-0.25, -0.2) is 0 Å². The fourth-order valence-electron chi connectivity index (χ4n) is 1.33. The van der Waals surface area contributed by atoms with E-state index in [-0.39, 0.29) is 17.7 Å². The van der Waals surface area contributed by atoms with Gasteiger partial charge in [0.05, 0.1) is 0 Å². The Kier molecular flexibility index (Phi) is 3.27. The number of carbonyl (C=O) groups excluding carboxylic acids is 1. The van der Waals surface area contributed by atoms with E-state index in [0.717, 1.165) is 14.8 Å². The van der Waals surface area contributed by atoms with Crippen molar-refractivity contribution in [3.63, 3.8) is 0 Å². The highest BCUT2D eigenvalue weighted by Crippen LogP contribution is 2.18. The average molecular weight is 343 g/mol. The summed E-state index contributed by atoms with van der Waals surface area (Å²) in [7, 11) is 0. The van der Waals surface area contributed by atoms with E-state index in [1.807, 2.05) is 25.1 Å². The molecule has 0 unspecified atom stereocenters. The van der Waals surface area contributed by atoms with Crippen LogP contribution in [-0.4, -0.2) is 21.1 Å². The highest BCUT2D eigenvalue weighted by molar-refractivity contribution is 14.1. The lowest BCUT2D eigenvalue weighted by Crippen LogP contribution is -2.14. The van der Waals surface area contributed by atoms with Gasteiger partial charge in [0, 0.05) is 9.26 Å². The van der Waals surface area contributed by atoms with Gasteiger partial charge < -0.3 is 11.1 Å². The largest absolute Gasteiger partial charge is 0.366 e. The van der Waals surface area contributed by atoms with E-state index in [1.165, 1.54) is 0 Å². The summed E-state index contributed by atoms with van der Waals surface area (Å²) in [5, 5.41) is 8.79. The van der Waals surface area contributed by atoms with E-state index in [2.05, 4.69) is 43.1 Å². The number of anilines is 2. The molecule has 0 aliphatic rings. The second-order valence-electron chi connectivity index (χ2n) is 3.46. The summed E-state index contributed by atoms with van der Waals surface area (Å²) in [4.78, 5) is 15.5. The van der Waals surface area contributed by atoms with Crippen LogP contribution in [0.5, 0.6) is 0 Å². The second-order valence-corrected chi connectivity index (χ2v) is 4.70. The molecule has 0 radical (unpaired) electrons. The number of aromatic nitrogens is 3. The standard InChI is InChI=1S/C10H10IN5O/c1-5-4-6(11)2-3-7(5)13-9(17)8-14-10(12)16-15-8/h2-4H,1H3,(H,13,17)(H3,12,14,15,16). The van der Waals surface area contributed by atoms with Crippen LogP contribution in [0, 0.1) is 10.5 Å². The van der Waals surface area contributed by atoms with E-state index in [1.54, 1.807) is 0 Å². The molecule has 0 atom stereocenters. The molecule has 0 saturated carbocycles. The molecule has 0 aliphatic carbocycles. The van der Waals surface area contributed by atoms with Crippen molar-refractivity contribution >= 4 is 40.1 Å². The Hall–Kier alpha value is -1.64. The van der Waals surface area contributed by atoms with Gasteiger partial charge in [-0.2, -0.15) is 4.98 Å². The summed E-state index contributed by atoms with van der Waals surface area (Å²) >= 11 is 2.21. The third-order valence-electron chi connectivity index (χ3n) is 2.15. The number of nitrogens with zero attached hydrogens (tertiary/aromatic N) is 2. The van der Waals surface area contributed by atoms with Crippen molar-refractivity contribution in [2.75, 3.05) is 11.1 Å². The zero-order valence-electron chi connectivity index (χ0n) is 8.99. The van der Waals surface area contributed by atoms with E-state index in [4.69, 9.17) is 5.73 Å². The monoisotopic (exact) mass is 343 g/mol. The molecule has 0 fully saturated rings. The van der Waals surface area contributed by atoms with Crippen LogP contribution >= 0.6 is 22.6 Å². The number of nitrogens with two attached hydrogens (primary N) is 1. The first kappa shape index (κ1) is 11.8. The Morgan fingerprint density at radius 3 is 2.88 bits per heavy atom. The van der Waals surface area contributed by atoms with Crippen molar-refractivity contribution < 1.29 is 4.79 Å². The fourth-order valence-corrected chi connectivity index (χ4v) is 1.97. The Bertz CT molecular complexity index is 566. The first-order valence-electron chi connectivity index (χ1n) is 4.81. The number of nitrogens with one attached hydrogen (secondary N) is 2. The van der Waals surface area contributed by atoms with Crippen LogP contribution in [0.2, 0.25) is 0 Å². The number of aromatic amines is 1. The maximum atomic E-state index is 11.8. The molecular weight excluding hydrogens is 333 g/mol. The van der Waals surface area contributed by atoms with Gasteiger partial charge in [0.25, 0.3) is 5.91 Å². The number of H-pyrrole nitrogens is 1. The summed E-state index contributed by atoms with van der Waals surface area (Å²) in [5.74, 6) is -0.214. The number of nitrogen functional groups attached to an aromatic ring is 1. The predicted molar refractivity (Wildman–Crippen MR) is 72.6 cm³/mol. The summed E-state index contributed by atoms with van der Waals surface area (Å²) in [5.41, 5.74) is 7.05. The summed E-state index contributed by atoms with van der Waals surface area (Å²) in [6, 6.07) is 5.73. The van der Waals surface area contributed by atoms with E-state index < -0.39 is 0 Å². The van der Waals surface area contributed by atoms with E-state index >= 15 is 0 Å². The average Bonchev–Trinajstić information content (AvgIpc) is 2.69. The van der Waals surface area contributed by atoms with Gasteiger partial charge in [-0.05, 0) is 53.3 Å². The van der Waals surface area contributed by atoms with Gasteiger partial charge in [-0.3, -0.25) is 9.89 Å². The first-order valence-corrected chi connectivity index (χ1v) is 5.89. The second kappa shape index (κ2) is 4.70. The SMILES string of the molecule is Cc1cc(I)ccc1NC(=O)c1nc(N)n[nH]1. The highest BCUT2D eigenvalue weighted by Gasteiger charge is 2.11. The van der Waals surface area contributed by atoms with Gasteiger partial charge in [0.2, 0.25) is 11.8 Å². The number of aryl methyl sites for hydroxylation is 1. The van der Waals surface area contributed by atoms with Gasteiger partial charge >= 0.3 is 0 Å². The fraction of sp³-hybridized carbons (Fsp3) is 0.100. The summed E-state index contributed by atoms with van der Waals surface area (Å²) in [6.07, 6.45) is 0. The molecule has 0 saturated heterocycles. The molecule has 4 N–H and O–H groups in total. The van der Waals surface area contributed by atoms with Crippen molar-refractivity contribution in [3.8, 4) is 0 Å². The lowest BCUT2D eigenvalue weighted by atomic mass is 10.2. The third kappa shape index (κ3) is 2.73. The molecule has 1 heterocycles. The smallest absolute Gasteiger partial charge is 0.293 e. The molecule has 7 heteroatoms. The lowest BCUT2D eigenvalue weighted by Gasteiger charge is -2.06. The number of rotatable bonds is 2. The minimum atomic E-state index is -0.362. The molecule has 6 nitrogen and oxygen atoms in total. The van der Waals surface area contributed by atoms with Crippen molar-refractivity contribution in [1.82, 2.24) is 15.2 Å². The van der Waals surface area contributed by atoms with Crippen molar-refractivity contribution in [1.29, 1.82) is 0 Å². The normalized spacial score (nSPS) is 10.2. The molecule has 2 aromatic rings. The number of benzene rings is 1. The molecule has 0 spiro atoms. The van der Waals surface area contributed by atoms with Crippen LogP contribution in [0.15, 0.2) is 18.2 Å². The van der Waals surface area contributed by atoms with Crippen LogP contribution < -0.4 is 11.1 Å². The number of hydrogen-bond donors (Lipinski definition) is 3. The van der Waals surface area contributed by atoms with Gasteiger partial charge in [0.15, 0.2) is 0 Å². The highest BCUT2D eigenvalue weighted by atomic mass is 127. The van der Waals surface area contributed by atoms with E-state index in [9.17, 15) is 4.79 Å². The maximum absolute atomic E-state index is 11.8. The Morgan fingerprint density at radius 2 is 2.29 bits per heavy atom. The van der Waals surface area contributed by atoms with Gasteiger partial charge in [0.1, 0.15) is 0 Å². The number of halogens is 1. The first-order chi connectivity index (χ1) is 8.06. The lowest BCUT2D eigenvalue weighted by molar-refractivity contribution is 0.101. The molecular formula is C10H10IN5O. The van der Waals surface area contributed by atoms with Crippen molar-refractivity contribution in [2.24, 2.45) is 0 Å². The van der Waals surface area contributed by atoms with E-state index in [0.29, 0.717) is 0 Å². The number of carbonyl (C=O) groups is 1. The maximum Gasteiger partial charge on any atom is 0.293 e. The topological polar surface area (TPSA) is 96.7 Å². The molecule has 0 bridgehead atoms. The van der Waals surface area contributed by atoms with Crippen LogP contribution in [-0.2, 0) is 0 Å². The van der Waals surface area contributed by atoms with Gasteiger partial charge in [-0.15, -0.1) is 5.10 Å². The number of amides is 1. The minimum absolute atomic E-state index is 0.0504. The Morgan fingerprint density at radius 1 is 1.53 bits per heavy atom. The third-order valence-corrected chi connectivity index (χ3v) is 2.83. The predicted octanol–water partition coefficient (Wildman–Crippen LogP) is 1.55. The molecule has 1 aromatic carbocycles. The van der Waals surface area contributed by atoms with Gasteiger partial charge in [-0.1, -0.05) is 0 Å². The summed E-state index contributed by atoms with van der Waals surface area (Å²) < 4.78 is 1.11. The van der Waals surface area contributed by atoms with Crippen molar-refractivity contribution in [3.05, 3.63) is 33.2 Å². The zero-order chi connectivity index (χ0) is 12.4. The Balaban J connectivity index is 2.18. The molecule has 0 aliphatic heterocycles. The summed E-state index contributed by atoms with van der Waals surface area (Å²) in [6.45, 7) is 1.92. The zero-order valence-corrected chi connectivity index (χ0v) is 11.1. The molecule has 2 rings (SSSR count). The quantitative estimate of drug-likeness (QED) is 0.721. The molecule has 1 amide bonds. The van der Waals surface area contributed by atoms with Crippen LogP contribution in [0.25, 0.3) is 0 Å². The van der Waals surface area contributed by atoms with Crippen LogP contribution in [0.4, 0.5) is 11.6 Å². The van der Waals surface area contributed by atoms with Crippen LogP contribution in [0.1, 0.15) is 16.2 Å². The van der Waals surface area contributed by atoms with Crippen LogP contribution in [0.3, 0.4) is 0 Å². The Labute approximate surface area is 111 Å². The number of hydrogen-bond acceptors (Lipinski definition) is 4.